The van der Waals surface area contributed by atoms with Gasteiger partial charge in [0.25, 0.3) is 5.91 Å². The molecule has 0 bridgehead atoms. The molecule has 1 aliphatic rings. The highest BCUT2D eigenvalue weighted by molar-refractivity contribution is 5.98. The van der Waals surface area contributed by atoms with Gasteiger partial charge in [-0.2, -0.15) is 0 Å². The number of fused-ring (bicyclic) bond motifs is 1. The van der Waals surface area contributed by atoms with E-state index in [1.807, 2.05) is 12.1 Å². The summed E-state index contributed by atoms with van der Waals surface area (Å²) < 4.78 is 0. The standard InChI is InChI=1S/C14H17NO3/c1-2-3-10-4-5-12-11(8-10)6-7-15(14(12)18)9-13(16)17/h4-5,8H,2-3,6-7,9H2,1H3,(H,16,17). The van der Waals surface area contributed by atoms with Gasteiger partial charge in [-0.3, -0.25) is 9.59 Å². The summed E-state index contributed by atoms with van der Waals surface area (Å²) in [5.74, 6) is -1.13. The molecule has 0 unspecified atom stereocenters. The molecule has 1 heterocycles. The Morgan fingerprint density at radius 3 is 2.89 bits per heavy atom. The van der Waals surface area contributed by atoms with E-state index >= 15 is 0 Å². The number of carboxylic acids is 1. The molecule has 4 heteroatoms. The van der Waals surface area contributed by atoms with E-state index in [2.05, 4.69) is 13.0 Å². The van der Waals surface area contributed by atoms with Crippen LogP contribution in [0, 0.1) is 0 Å². The molecular formula is C14H17NO3. The first kappa shape index (κ1) is 12.6. The molecule has 96 valence electrons. The third-order valence-corrected chi connectivity index (χ3v) is 3.20. The number of carbonyl (C=O) groups is 2. The van der Waals surface area contributed by atoms with Crippen molar-refractivity contribution < 1.29 is 14.7 Å². The Kier molecular flexibility index (Phi) is 3.65. The second-order valence-corrected chi connectivity index (χ2v) is 4.61. The van der Waals surface area contributed by atoms with E-state index in [0.717, 1.165) is 24.8 Å². The number of rotatable bonds is 4. The van der Waals surface area contributed by atoms with Crippen molar-refractivity contribution in [1.29, 1.82) is 0 Å². The zero-order valence-corrected chi connectivity index (χ0v) is 10.5. The van der Waals surface area contributed by atoms with Crippen LogP contribution in [-0.2, 0) is 17.6 Å². The number of hydrogen-bond donors (Lipinski definition) is 1. The van der Waals surface area contributed by atoms with Crippen molar-refractivity contribution in [3.63, 3.8) is 0 Å². The summed E-state index contributed by atoms with van der Waals surface area (Å²) in [5.41, 5.74) is 2.95. The number of carbonyl (C=O) groups excluding carboxylic acids is 1. The average Bonchev–Trinajstić information content (AvgIpc) is 2.33. The quantitative estimate of drug-likeness (QED) is 0.881. The minimum atomic E-state index is -0.964. The molecule has 1 N–H and O–H groups in total. The molecule has 0 saturated carbocycles. The number of hydrogen-bond acceptors (Lipinski definition) is 2. The molecule has 2 rings (SSSR count). The maximum atomic E-state index is 12.1. The van der Waals surface area contributed by atoms with E-state index in [9.17, 15) is 9.59 Å². The van der Waals surface area contributed by atoms with Gasteiger partial charge >= 0.3 is 5.97 Å². The second-order valence-electron chi connectivity index (χ2n) is 4.61. The molecule has 0 aliphatic carbocycles. The molecule has 0 spiro atoms. The fourth-order valence-corrected chi connectivity index (χ4v) is 2.35. The van der Waals surface area contributed by atoms with E-state index in [1.165, 1.54) is 10.5 Å². The number of amides is 1. The molecule has 18 heavy (non-hydrogen) atoms. The number of benzene rings is 1. The Bertz CT molecular complexity index is 482. The summed E-state index contributed by atoms with van der Waals surface area (Å²) >= 11 is 0. The summed E-state index contributed by atoms with van der Waals surface area (Å²) in [7, 11) is 0. The van der Waals surface area contributed by atoms with E-state index in [0.29, 0.717) is 12.1 Å². The van der Waals surface area contributed by atoms with Crippen LogP contribution in [0.15, 0.2) is 18.2 Å². The van der Waals surface area contributed by atoms with Gasteiger partial charge in [-0.25, -0.2) is 0 Å². The maximum Gasteiger partial charge on any atom is 0.323 e. The SMILES string of the molecule is CCCc1ccc2c(c1)CCN(CC(=O)O)C2=O. The first-order chi connectivity index (χ1) is 8.61. The van der Waals surface area contributed by atoms with Gasteiger partial charge in [0.15, 0.2) is 0 Å². The van der Waals surface area contributed by atoms with Crippen molar-refractivity contribution in [2.75, 3.05) is 13.1 Å². The van der Waals surface area contributed by atoms with Crippen LogP contribution in [0.4, 0.5) is 0 Å². The Balaban J connectivity index is 2.22. The van der Waals surface area contributed by atoms with Crippen LogP contribution >= 0.6 is 0 Å². The van der Waals surface area contributed by atoms with Gasteiger partial charge in [-0.1, -0.05) is 25.5 Å². The molecule has 1 aliphatic heterocycles. The predicted octanol–water partition coefficient (Wildman–Crippen LogP) is 1.72. The lowest BCUT2D eigenvalue weighted by molar-refractivity contribution is -0.137. The molecule has 4 nitrogen and oxygen atoms in total. The highest BCUT2D eigenvalue weighted by atomic mass is 16.4. The van der Waals surface area contributed by atoms with Crippen LogP contribution in [0.25, 0.3) is 0 Å². The van der Waals surface area contributed by atoms with Gasteiger partial charge in [0, 0.05) is 12.1 Å². The van der Waals surface area contributed by atoms with Crippen molar-refractivity contribution in [3.05, 3.63) is 34.9 Å². The van der Waals surface area contributed by atoms with Crippen LogP contribution in [0.3, 0.4) is 0 Å². The van der Waals surface area contributed by atoms with E-state index < -0.39 is 5.97 Å². The normalized spacial score (nSPS) is 14.5. The Morgan fingerprint density at radius 2 is 2.22 bits per heavy atom. The molecule has 0 aromatic heterocycles. The van der Waals surface area contributed by atoms with Crippen LogP contribution in [0.1, 0.15) is 34.8 Å². The minimum absolute atomic E-state index is 0.165. The van der Waals surface area contributed by atoms with Crippen molar-refractivity contribution in [2.45, 2.75) is 26.2 Å². The second kappa shape index (κ2) is 5.21. The minimum Gasteiger partial charge on any atom is -0.480 e. The molecule has 1 aromatic carbocycles. The van der Waals surface area contributed by atoms with Crippen molar-refractivity contribution in [3.8, 4) is 0 Å². The fourth-order valence-electron chi connectivity index (χ4n) is 2.35. The van der Waals surface area contributed by atoms with E-state index in [-0.39, 0.29) is 12.5 Å². The summed E-state index contributed by atoms with van der Waals surface area (Å²) in [6, 6.07) is 5.87. The van der Waals surface area contributed by atoms with Crippen LogP contribution in [-0.4, -0.2) is 35.0 Å². The molecule has 1 aromatic rings. The summed E-state index contributed by atoms with van der Waals surface area (Å²) in [6.07, 6.45) is 2.84. The number of nitrogens with zero attached hydrogens (tertiary/aromatic N) is 1. The van der Waals surface area contributed by atoms with Crippen LogP contribution < -0.4 is 0 Å². The average molecular weight is 247 g/mol. The molecule has 0 saturated heterocycles. The Labute approximate surface area is 106 Å². The Morgan fingerprint density at radius 1 is 1.44 bits per heavy atom. The first-order valence-electron chi connectivity index (χ1n) is 6.24. The largest absolute Gasteiger partial charge is 0.480 e. The Hall–Kier alpha value is -1.84. The zero-order valence-electron chi connectivity index (χ0n) is 10.5. The van der Waals surface area contributed by atoms with Crippen LogP contribution in [0.5, 0.6) is 0 Å². The summed E-state index contributed by atoms with van der Waals surface area (Å²) in [6.45, 7) is 2.40. The lowest BCUT2D eigenvalue weighted by Crippen LogP contribution is -2.40. The van der Waals surface area contributed by atoms with Gasteiger partial charge < -0.3 is 10.0 Å². The maximum absolute atomic E-state index is 12.1. The molecule has 0 radical (unpaired) electrons. The predicted molar refractivity (Wildman–Crippen MR) is 67.7 cm³/mol. The number of carboxylic acid groups (broad SMARTS) is 1. The number of aliphatic carboxylic acids is 1. The molecular weight excluding hydrogens is 230 g/mol. The van der Waals surface area contributed by atoms with Gasteiger partial charge in [0.2, 0.25) is 0 Å². The lowest BCUT2D eigenvalue weighted by Gasteiger charge is -2.27. The summed E-state index contributed by atoms with van der Waals surface area (Å²) in [4.78, 5) is 24.1. The molecule has 0 atom stereocenters. The lowest BCUT2D eigenvalue weighted by atomic mass is 9.95. The molecule has 1 amide bonds. The number of aryl methyl sites for hydroxylation is 1. The fraction of sp³-hybridized carbons (Fsp3) is 0.429. The van der Waals surface area contributed by atoms with Gasteiger partial charge in [0.1, 0.15) is 6.54 Å². The van der Waals surface area contributed by atoms with E-state index in [4.69, 9.17) is 5.11 Å². The van der Waals surface area contributed by atoms with Crippen LogP contribution in [0.2, 0.25) is 0 Å². The molecule has 0 fully saturated rings. The van der Waals surface area contributed by atoms with Gasteiger partial charge in [-0.05, 0) is 30.0 Å². The van der Waals surface area contributed by atoms with Gasteiger partial charge in [0.05, 0.1) is 0 Å². The van der Waals surface area contributed by atoms with Crippen molar-refractivity contribution in [1.82, 2.24) is 4.90 Å². The van der Waals surface area contributed by atoms with Gasteiger partial charge in [-0.15, -0.1) is 0 Å². The first-order valence-corrected chi connectivity index (χ1v) is 6.24. The third kappa shape index (κ3) is 2.53. The zero-order chi connectivity index (χ0) is 13.1. The third-order valence-electron chi connectivity index (χ3n) is 3.20. The highest BCUT2D eigenvalue weighted by Crippen LogP contribution is 2.21. The van der Waals surface area contributed by atoms with Crippen molar-refractivity contribution in [2.24, 2.45) is 0 Å². The highest BCUT2D eigenvalue weighted by Gasteiger charge is 2.25. The summed E-state index contributed by atoms with van der Waals surface area (Å²) in [5, 5.41) is 8.75. The van der Waals surface area contributed by atoms with E-state index in [1.54, 1.807) is 0 Å². The monoisotopic (exact) mass is 247 g/mol. The smallest absolute Gasteiger partial charge is 0.323 e. The van der Waals surface area contributed by atoms with Crippen molar-refractivity contribution >= 4 is 11.9 Å². The topological polar surface area (TPSA) is 57.6 Å².